The van der Waals surface area contributed by atoms with Crippen LogP contribution in [0, 0.1) is 12.8 Å². The molecule has 0 radical (unpaired) electrons. The van der Waals surface area contributed by atoms with Gasteiger partial charge in [-0.1, -0.05) is 6.92 Å². The van der Waals surface area contributed by atoms with Gasteiger partial charge in [0.1, 0.15) is 0 Å². The first kappa shape index (κ1) is 15.9. The van der Waals surface area contributed by atoms with E-state index in [2.05, 4.69) is 23.6 Å². The van der Waals surface area contributed by atoms with Crippen molar-refractivity contribution in [2.24, 2.45) is 11.7 Å². The third kappa shape index (κ3) is 3.40. The number of hydrogen-bond acceptors (Lipinski definition) is 5. The number of hydrogen-bond donors (Lipinski definition) is 2. The van der Waals surface area contributed by atoms with Crippen LogP contribution in [0.1, 0.15) is 23.1 Å². The highest BCUT2D eigenvalue weighted by atomic mass is 32.2. The van der Waals surface area contributed by atoms with Gasteiger partial charge in [0.05, 0.1) is 4.90 Å². The minimum atomic E-state index is -3.44. The first-order valence-corrected chi connectivity index (χ1v) is 9.13. The molecular formula is C13H23N3O2S2. The lowest BCUT2D eigenvalue weighted by Crippen LogP contribution is -2.48. The molecule has 1 aromatic rings. The van der Waals surface area contributed by atoms with Crippen LogP contribution in [0.4, 0.5) is 0 Å². The molecule has 2 rings (SSSR count). The summed E-state index contributed by atoms with van der Waals surface area (Å²) in [5.41, 5.74) is 5.59. The number of nitrogens with two attached hydrogens (primary N) is 1. The van der Waals surface area contributed by atoms with E-state index in [1.807, 2.05) is 6.92 Å². The minimum Gasteiger partial charge on any atom is -0.326 e. The molecule has 2 unspecified atom stereocenters. The first-order chi connectivity index (χ1) is 9.33. The summed E-state index contributed by atoms with van der Waals surface area (Å²) < 4.78 is 27.9. The molecule has 20 heavy (non-hydrogen) atoms. The van der Waals surface area contributed by atoms with Crippen molar-refractivity contribution in [2.45, 2.75) is 37.8 Å². The average Bonchev–Trinajstić information content (AvgIpc) is 2.75. The lowest BCUT2D eigenvalue weighted by atomic mass is 9.95. The van der Waals surface area contributed by atoms with Gasteiger partial charge < -0.3 is 10.6 Å². The van der Waals surface area contributed by atoms with Crippen LogP contribution < -0.4 is 10.5 Å². The number of likely N-dealkylation sites (tertiary alicyclic amines) is 1. The van der Waals surface area contributed by atoms with Gasteiger partial charge in [-0.05, 0) is 38.9 Å². The van der Waals surface area contributed by atoms with Crippen molar-refractivity contribution in [3.8, 4) is 0 Å². The third-order valence-corrected chi connectivity index (χ3v) is 6.65. The standard InChI is InChI=1S/C13H23N3O2S2/c1-9-8-16(3)5-4-12(9)15-20(17,18)13-6-11(7-14)19-10(13)2/h6,9,12,15H,4-5,7-8,14H2,1-3H3. The van der Waals surface area contributed by atoms with Crippen LogP contribution in [0.15, 0.2) is 11.0 Å². The highest BCUT2D eigenvalue weighted by molar-refractivity contribution is 7.89. The van der Waals surface area contributed by atoms with Crippen molar-refractivity contribution in [3.05, 3.63) is 15.8 Å². The molecule has 0 aliphatic carbocycles. The third-order valence-electron chi connectivity index (χ3n) is 3.83. The zero-order chi connectivity index (χ0) is 14.9. The van der Waals surface area contributed by atoms with Crippen LogP contribution in [0.25, 0.3) is 0 Å². The summed E-state index contributed by atoms with van der Waals surface area (Å²) in [5.74, 6) is 0.316. The van der Waals surface area contributed by atoms with Crippen molar-refractivity contribution >= 4 is 21.4 Å². The number of sulfonamides is 1. The Morgan fingerprint density at radius 2 is 2.25 bits per heavy atom. The van der Waals surface area contributed by atoms with Crippen LogP contribution in [-0.4, -0.2) is 39.5 Å². The van der Waals surface area contributed by atoms with Gasteiger partial charge in [-0.2, -0.15) is 0 Å². The summed E-state index contributed by atoms with van der Waals surface area (Å²) >= 11 is 1.45. The number of nitrogens with zero attached hydrogens (tertiary/aromatic N) is 1. The average molecular weight is 317 g/mol. The van der Waals surface area contributed by atoms with E-state index in [9.17, 15) is 8.42 Å². The molecule has 2 atom stereocenters. The maximum atomic E-state index is 12.5. The molecule has 0 saturated carbocycles. The van der Waals surface area contributed by atoms with Gasteiger partial charge in [0.2, 0.25) is 10.0 Å². The van der Waals surface area contributed by atoms with E-state index in [0.29, 0.717) is 17.4 Å². The number of rotatable bonds is 4. The Hall–Kier alpha value is -0.470. The molecule has 114 valence electrons. The van der Waals surface area contributed by atoms with Crippen molar-refractivity contribution in [1.82, 2.24) is 9.62 Å². The van der Waals surface area contributed by atoms with Crippen LogP contribution in [0.5, 0.6) is 0 Å². The van der Waals surface area contributed by atoms with E-state index in [4.69, 9.17) is 5.73 Å². The van der Waals surface area contributed by atoms with Crippen molar-refractivity contribution in [3.63, 3.8) is 0 Å². The summed E-state index contributed by atoms with van der Waals surface area (Å²) in [6, 6.07) is 1.71. The number of piperidine rings is 1. The quantitative estimate of drug-likeness (QED) is 0.873. The Kier molecular flexibility index (Phi) is 4.86. The van der Waals surface area contributed by atoms with Gasteiger partial charge in [-0.25, -0.2) is 13.1 Å². The second kappa shape index (κ2) is 6.11. The molecule has 1 aliphatic rings. The van der Waals surface area contributed by atoms with Gasteiger partial charge in [0.25, 0.3) is 0 Å². The second-order valence-electron chi connectivity index (χ2n) is 5.59. The van der Waals surface area contributed by atoms with Gasteiger partial charge in [-0.3, -0.25) is 0 Å². The molecule has 1 aromatic heterocycles. The lowest BCUT2D eigenvalue weighted by molar-refractivity contribution is 0.188. The molecular weight excluding hydrogens is 294 g/mol. The van der Waals surface area contributed by atoms with Crippen LogP contribution >= 0.6 is 11.3 Å². The van der Waals surface area contributed by atoms with Crippen molar-refractivity contribution < 1.29 is 8.42 Å². The molecule has 1 fully saturated rings. The second-order valence-corrected chi connectivity index (χ2v) is 8.62. The smallest absolute Gasteiger partial charge is 0.241 e. The molecule has 0 bridgehead atoms. The summed E-state index contributed by atoms with van der Waals surface area (Å²) in [6.45, 7) is 6.15. The Morgan fingerprint density at radius 1 is 1.55 bits per heavy atom. The summed E-state index contributed by atoms with van der Waals surface area (Å²) in [5, 5.41) is 0. The molecule has 0 amide bonds. The van der Waals surface area contributed by atoms with Crippen LogP contribution in [-0.2, 0) is 16.6 Å². The number of aryl methyl sites for hydroxylation is 1. The Morgan fingerprint density at radius 3 is 2.80 bits per heavy atom. The maximum Gasteiger partial charge on any atom is 0.241 e. The maximum absolute atomic E-state index is 12.5. The molecule has 7 heteroatoms. The molecule has 2 heterocycles. The summed E-state index contributed by atoms with van der Waals surface area (Å²) in [6.07, 6.45) is 0.851. The summed E-state index contributed by atoms with van der Waals surface area (Å²) in [7, 11) is -1.38. The summed E-state index contributed by atoms with van der Waals surface area (Å²) in [4.78, 5) is 4.32. The molecule has 1 saturated heterocycles. The number of nitrogens with one attached hydrogen (secondary N) is 1. The fraction of sp³-hybridized carbons (Fsp3) is 0.692. The normalized spacial score (nSPS) is 25.0. The first-order valence-electron chi connectivity index (χ1n) is 6.83. The van der Waals surface area contributed by atoms with E-state index in [1.54, 1.807) is 6.07 Å². The topological polar surface area (TPSA) is 75.4 Å². The molecule has 5 nitrogen and oxygen atoms in total. The van der Waals surface area contributed by atoms with Gasteiger partial charge in [0, 0.05) is 28.9 Å². The van der Waals surface area contributed by atoms with Gasteiger partial charge in [0.15, 0.2) is 0 Å². The van der Waals surface area contributed by atoms with E-state index >= 15 is 0 Å². The molecule has 3 N–H and O–H groups in total. The molecule has 0 spiro atoms. The van der Waals surface area contributed by atoms with Gasteiger partial charge in [-0.15, -0.1) is 11.3 Å². The largest absolute Gasteiger partial charge is 0.326 e. The Bertz CT molecular complexity index is 568. The van der Waals surface area contributed by atoms with Gasteiger partial charge >= 0.3 is 0 Å². The van der Waals surface area contributed by atoms with Crippen molar-refractivity contribution in [1.29, 1.82) is 0 Å². The van der Waals surface area contributed by atoms with Crippen LogP contribution in [0.3, 0.4) is 0 Å². The van der Waals surface area contributed by atoms with E-state index in [1.165, 1.54) is 11.3 Å². The highest BCUT2D eigenvalue weighted by Crippen LogP contribution is 2.26. The van der Waals surface area contributed by atoms with E-state index in [0.717, 1.165) is 29.3 Å². The zero-order valence-electron chi connectivity index (χ0n) is 12.2. The SMILES string of the molecule is Cc1sc(CN)cc1S(=O)(=O)NC1CCN(C)CC1C. The minimum absolute atomic E-state index is 0.0110. The predicted molar refractivity (Wildman–Crippen MR) is 82.3 cm³/mol. The van der Waals surface area contributed by atoms with Crippen molar-refractivity contribution in [2.75, 3.05) is 20.1 Å². The number of thiophene rings is 1. The Labute approximate surface area is 125 Å². The lowest BCUT2D eigenvalue weighted by Gasteiger charge is -2.34. The predicted octanol–water partition coefficient (Wildman–Crippen LogP) is 1.13. The fourth-order valence-electron chi connectivity index (χ4n) is 2.68. The monoisotopic (exact) mass is 317 g/mol. The molecule has 0 aromatic carbocycles. The Balaban J connectivity index is 2.16. The highest BCUT2D eigenvalue weighted by Gasteiger charge is 2.29. The van der Waals surface area contributed by atoms with E-state index < -0.39 is 10.0 Å². The van der Waals surface area contributed by atoms with E-state index in [-0.39, 0.29) is 6.04 Å². The fourth-order valence-corrected chi connectivity index (χ4v) is 5.58. The molecule has 1 aliphatic heterocycles. The van der Waals surface area contributed by atoms with Crippen LogP contribution in [0.2, 0.25) is 0 Å². The zero-order valence-corrected chi connectivity index (χ0v) is 13.9.